The standard InChI is InChI=1S/C20H27N3O4/c1-15(20(26)21-8-3-9-23-10-12-27-13-11-23)14-19(25)22-18-6-4-17(5-7-18)16(2)24/h4-7,14H,3,8-13H2,1-2H3,(H,21,26)(H,22,25)/b15-14+. The summed E-state index contributed by atoms with van der Waals surface area (Å²) in [7, 11) is 0. The van der Waals surface area contributed by atoms with Crippen molar-refractivity contribution in [3.63, 3.8) is 0 Å². The predicted octanol–water partition coefficient (Wildman–Crippen LogP) is 1.61. The molecule has 1 aromatic rings. The van der Waals surface area contributed by atoms with Crippen LogP contribution in [-0.2, 0) is 14.3 Å². The Morgan fingerprint density at radius 3 is 2.41 bits per heavy atom. The molecule has 0 spiro atoms. The van der Waals surface area contributed by atoms with Gasteiger partial charge >= 0.3 is 0 Å². The molecule has 0 unspecified atom stereocenters. The van der Waals surface area contributed by atoms with Crippen LogP contribution in [0.2, 0.25) is 0 Å². The van der Waals surface area contributed by atoms with Crippen molar-refractivity contribution in [3.05, 3.63) is 41.5 Å². The van der Waals surface area contributed by atoms with E-state index in [-0.39, 0.29) is 17.6 Å². The molecule has 0 aromatic heterocycles. The zero-order valence-electron chi connectivity index (χ0n) is 15.9. The minimum absolute atomic E-state index is 0.0334. The van der Waals surface area contributed by atoms with Crippen LogP contribution >= 0.6 is 0 Å². The average Bonchev–Trinajstić information content (AvgIpc) is 2.66. The van der Waals surface area contributed by atoms with Crippen molar-refractivity contribution in [2.24, 2.45) is 0 Å². The van der Waals surface area contributed by atoms with Gasteiger partial charge < -0.3 is 15.4 Å². The molecule has 1 aromatic carbocycles. The van der Waals surface area contributed by atoms with E-state index in [9.17, 15) is 14.4 Å². The first-order valence-electron chi connectivity index (χ1n) is 9.14. The lowest BCUT2D eigenvalue weighted by Gasteiger charge is -2.26. The van der Waals surface area contributed by atoms with Crippen LogP contribution in [0.1, 0.15) is 30.6 Å². The fraction of sp³-hybridized carbons (Fsp3) is 0.450. The van der Waals surface area contributed by atoms with Gasteiger partial charge in [-0.1, -0.05) is 0 Å². The summed E-state index contributed by atoms with van der Waals surface area (Å²) in [5.74, 6) is -0.667. The number of hydrogen-bond donors (Lipinski definition) is 2. The van der Waals surface area contributed by atoms with Crippen molar-refractivity contribution in [2.75, 3.05) is 44.7 Å². The minimum atomic E-state index is -0.383. The smallest absolute Gasteiger partial charge is 0.248 e. The number of carbonyl (C=O) groups is 3. The van der Waals surface area contributed by atoms with E-state index in [2.05, 4.69) is 15.5 Å². The lowest BCUT2D eigenvalue weighted by molar-refractivity contribution is -0.118. The first-order valence-corrected chi connectivity index (χ1v) is 9.14. The van der Waals surface area contributed by atoms with E-state index in [1.165, 1.54) is 13.0 Å². The summed E-state index contributed by atoms with van der Waals surface area (Å²) >= 11 is 0. The molecule has 0 saturated carbocycles. The molecule has 2 N–H and O–H groups in total. The summed E-state index contributed by atoms with van der Waals surface area (Å²) in [6, 6.07) is 6.61. The van der Waals surface area contributed by atoms with E-state index in [4.69, 9.17) is 4.74 Å². The van der Waals surface area contributed by atoms with Crippen LogP contribution in [0.4, 0.5) is 5.69 Å². The number of nitrogens with zero attached hydrogens (tertiary/aromatic N) is 1. The summed E-state index contributed by atoms with van der Waals surface area (Å²) in [5, 5.41) is 5.51. The van der Waals surface area contributed by atoms with E-state index in [1.807, 2.05) is 0 Å². The Kier molecular flexibility index (Phi) is 8.16. The lowest BCUT2D eigenvalue weighted by atomic mass is 10.1. The van der Waals surface area contributed by atoms with Crippen LogP contribution in [0, 0.1) is 0 Å². The third-order valence-corrected chi connectivity index (χ3v) is 4.31. The van der Waals surface area contributed by atoms with Gasteiger partial charge in [-0.2, -0.15) is 0 Å². The molecule has 0 atom stereocenters. The van der Waals surface area contributed by atoms with Crippen LogP contribution in [-0.4, -0.2) is 61.9 Å². The van der Waals surface area contributed by atoms with E-state index < -0.39 is 0 Å². The van der Waals surface area contributed by atoms with Crippen molar-refractivity contribution >= 4 is 23.3 Å². The van der Waals surface area contributed by atoms with Crippen LogP contribution in [0.5, 0.6) is 0 Å². The quantitative estimate of drug-likeness (QED) is 0.411. The van der Waals surface area contributed by atoms with Gasteiger partial charge in [-0.3, -0.25) is 19.3 Å². The molecular formula is C20H27N3O4. The average molecular weight is 373 g/mol. The molecular weight excluding hydrogens is 346 g/mol. The molecule has 1 saturated heterocycles. The molecule has 7 heteroatoms. The maximum Gasteiger partial charge on any atom is 0.248 e. The second kappa shape index (κ2) is 10.6. The molecule has 7 nitrogen and oxygen atoms in total. The molecule has 0 radical (unpaired) electrons. The molecule has 0 aliphatic carbocycles. The Balaban J connectivity index is 1.72. The summed E-state index contributed by atoms with van der Waals surface area (Å²) in [6.45, 7) is 7.97. The summed E-state index contributed by atoms with van der Waals surface area (Å²) < 4.78 is 5.30. The van der Waals surface area contributed by atoms with Crippen LogP contribution in [0.15, 0.2) is 35.9 Å². The van der Waals surface area contributed by atoms with Gasteiger partial charge in [0.1, 0.15) is 0 Å². The highest BCUT2D eigenvalue weighted by Crippen LogP contribution is 2.10. The highest BCUT2D eigenvalue weighted by molar-refractivity contribution is 6.06. The predicted molar refractivity (Wildman–Crippen MR) is 104 cm³/mol. The first kappa shape index (κ1) is 20.8. The van der Waals surface area contributed by atoms with Gasteiger partial charge in [-0.15, -0.1) is 0 Å². The minimum Gasteiger partial charge on any atom is -0.379 e. The number of hydrogen-bond acceptors (Lipinski definition) is 5. The number of rotatable bonds is 8. The second-order valence-electron chi connectivity index (χ2n) is 6.51. The van der Waals surface area contributed by atoms with Gasteiger partial charge in [0, 0.05) is 42.5 Å². The van der Waals surface area contributed by atoms with E-state index in [0.717, 1.165) is 39.3 Å². The van der Waals surface area contributed by atoms with Crippen molar-refractivity contribution in [1.29, 1.82) is 0 Å². The first-order chi connectivity index (χ1) is 13.0. The van der Waals surface area contributed by atoms with Crippen molar-refractivity contribution < 1.29 is 19.1 Å². The number of morpholine rings is 1. The third-order valence-electron chi connectivity index (χ3n) is 4.31. The number of Topliss-reactive ketones (excluding diaryl/α,β-unsaturated/α-hetero) is 1. The molecule has 2 amide bonds. The van der Waals surface area contributed by atoms with Gasteiger partial charge in [0.05, 0.1) is 13.2 Å². The Bertz CT molecular complexity index is 692. The fourth-order valence-electron chi connectivity index (χ4n) is 2.70. The van der Waals surface area contributed by atoms with Gasteiger partial charge in [-0.25, -0.2) is 0 Å². The Labute approximate surface area is 159 Å². The van der Waals surface area contributed by atoms with Gasteiger partial charge in [0.25, 0.3) is 0 Å². The number of amides is 2. The monoisotopic (exact) mass is 373 g/mol. The van der Waals surface area contributed by atoms with Crippen molar-refractivity contribution in [3.8, 4) is 0 Å². The highest BCUT2D eigenvalue weighted by Gasteiger charge is 2.10. The zero-order chi connectivity index (χ0) is 19.6. The number of ketones is 1. The zero-order valence-corrected chi connectivity index (χ0v) is 15.9. The van der Waals surface area contributed by atoms with Crippen LogP contribution in [0.25, 0.3) is 0 Å². The van der Waals surface area contributed by atoms with E-state index in [0.29, 0.717) is 23.4 Å². The van der Waals surface area contributed by atoms with E-state index in [1.54, 1.807) is 31.2 Å². The molecule has 146 valence electrons. The summed E-state index contributed by atoms with van der Waals surface area (Å²) in [6.07, 6.45) is 2.13. The molecule has 1 fully saturated rings. The Morgan fingerprint density at radius 2 is 1.78 bits per heavy atom. The largest absolute Gasteiger partial charge is 0.379 e. The second-order valence-corrected chi connectivity index (χ2v) is 6.51. The summed E-state index contributed by atoms with van der Waals surface area (Å²) in [4.78, 5) is 37.7. The maximum atomic E-state index is 12.1. The Hall–Kier alpha value is -2.51. The fourth-order valence-corrected chi connectivity index (χ4v) is 2.70. The molecule has 2 rings (SSSR count). The van der Waals surface area contributed by atoms with Crippen LogP contribution in [0.3, 0.4) is 0 Å². The van der Waals surface area contributed by atoms with Crippen molar-refractivity contribution in [1.82, 2.24) is 10.2 Å². The molecule has 1 aliphatic rings. The normalized spacial score (nSPS) is 15.3. The molecule has 1 aliphatic heterocycles. The molecule has 1 heterocycles. The van der Waals surface area contributed by atoms with Gasteiger partial charge in [0.2, 0.25) is 11.8 Å². The molecule has 0 bridgehead atoms. The maximum absolute atomic E-state index is 12.1. The van der Waals surface area contributed by atoms with Gasteiger partial charge in [0.15, 0.2) is 5.78 Å². The molecule has 27 heavy (non-hydrogen) atoms. The highest BCUT2D eigenvalue weighted by atomic mass is 16.5. The number of carbonyl (C=O) groups excluding carboxylic acids is 3. The summed E-state index contributed by atoms with van der Waals surface area (Å²) in [5.41, 5.74) is 1.50. The Morgan fingerprint density at radius 1 is 1.11 bits per heavy atom. The van der Waals surface area contributed by atoms with Crippen LogP contribution < -0.4 is 10.6 Å². The third kappa shape index (κ3) is 7.32. The SMILES string of the molecule is CC(=O)c1ccc(NC(=O)/C=C(\C)C(=O)NCCCN2CCOCC2)cc1. The number of ether oxygens (including phenoxy) is 1. The number of nitrogens with one attached hydrogen (secondary N) is 2. The van der Waals surface area contributed by atoms with Crippen molar-refractivity contribution in [2.45, 2.75) is 20.3 Å². The van der Waals surface area contributed by atoms with Gasteiger partial charge in [-0.05, 0) is 51.1 Å². The number of benzene rings is 1. The van der Waals surface area contributed by atoms with E-state index >= 15 is 0 Å². The number of anilines is 1. The lowest BCUT2D eigenvalue weighted by Crippen LogP contribution is -2.38. The topological polar surface area (TPSA) is 87.7 Å².